The van der Waals surface area contributed by atoms with Crippen molar-refractivity contribution in [2.75, 3.05) is 18.1 Å². The molecule has 10 nitrogen and oxygen atoms in total. The smallest absolute Gasteiger partial charge is 0.357 e. The zero-order valence-electron chi connectivity index (χ0n) is 29.1. The topological polar surface area (TPSA) is 107 Å². The van der Waals surface area contributed by atoms with Gasteiger partial charge in [0.1, 0.15) is 11.4 Å². The van der Waals surface area contributed by atoms with Gasteiger partial charge in [0.2, 0.25) is 0 Å². The number of carbonyl (C=O) groups is 2. The molecular weight excluding hydrogens is 675 g/mol. The van der Waals surface area contributed by atoms with E-state index in [1.54, 1.807) is 22.7 Å². The number of carboxylic acid groups (broad SMARTS) is 1. The number of anilines is 1. The Bertz CT molecular complexity index is 2360. The summed E-state index contributed by atoms with van der Waals surface area (Å²) in [6.07, 6.45) is 1.23. The van der Waals surface area contributed by atoms with Crippen LogP contribution in [0.5, 0.6) is 5.75 Å². The highest BCUT2D eigenvalue weighted by atomic mass is 35.5. The molecule has 258 valence electrons. The quantitative estimate of drug-likeness (QED) is 0.159. The number of amides is 1. The van der Waals surface area contributed by atoms with Gasteiger partial charge < -0.3 is 19.3 Å². The minimum Gasteiger partial charge on any atom is -0.494 e. The van der Waals surface area contributed by atoms with E-state index >= 15 is 0 Å². The Labute approximate surface area is 299 Å². The van der Waals surface area contributed by atoms with E-state index in [2.05, 4.69) is 16.6 Å². The zero-order valence-corrected chi connectivity index (χ0v) is 30.6. The molecule has 3 aromatic carbocycles. The third kappa shape index (κ3) is 5.32. The summed E-state index contributed by atoms with van der Waals surface area (Å²) in [6, 6.07) is 13.1. The van der Waals surface area contributed by atoms with E-state index in [0.29, 0.717) is 53.3 Å². The van der Waals surface area contributed by atoms with Gasteiger partial charge in [-0.25, -0.2) is 4.79 Å². The Morgan fingerprint density at radius 1 is 0.960 bits per heavy atom. The van der Waals surface area contributed by atoms with Crippen molar-refractivity contribution >= 4 is 62.6 Å². The number of rotatable bonds is 8. The number of aromatic nitrogens is 5. The molecule has 0 spiro atoms. The maximum absolute atomic E-state index is 14.8. The lowest BCUT2D eigenvalue weighted by Gasteiger charge is -2.34. The number of fused-ring (bicyclic) bond motifs is 4. The SMILES string of the molecule is Cc1cc(OCCCc2c3n(c4c(-c5c(C)nn(C)c5C)c(Cl)ccc24)[C@H](C)CN(c2ccc4c(c2)c(C(=O)O)nn4C)C3=O)cc(C)c1Cl. The summed E-state index contributed by atoms with van der Waals surface area (Å²) in [6.45, 7) is 10.8. The van der Waals surface area contributed by atoms with Crippen LogP contribution in [0.3, 0.4) is 0 Å². The number of aryl methyl sites for hydroxylation is 6. The van der Waals surface area contributed by atoms with Gasteiger partial charge in [-0.1, -0.05) is 29.3 Å². The Balaban J connectivity index is 1.36. The Kier molecular flexibility index (Phi) is 8.43. The first-order valence-corrected chi connectivity index (χ1v) is 17.3. The van der Waals surface area contributed by atoms with Gasteiger partial charge in [0, 0.05) is 65.0 Å². The number of ether oxygens (including phenoxy) is 1. The van der Waals surface area contributed by atoms with E-state index < -0.39 is 5.97 Å². The van der Waals surface area contributed by atoms with E-state index in [1.165, 1.54) is 0 Å². The number of aromatic carboxylic acids is 1. The lowest BCUT2D eigenvalue weighted by molar-refractivity contribution is 0.0691. The van der Waals surface area contributed by atoms with Crippen LogP contribution in [0, 0.1) is 27.7 Å². The van der Waals surface area contributed by atoms with Crippen LogP contribution >= 0.6 is 23.2 Å². The van der Waals surface area contributed by atoms with Crippen LogP contribution in [0.4, 0.5) is 5.69 Å². The first kappa shape index (κ1) is 33.7. The average molecular weight is 714 g/mol. The highest BCUT2D eigenvalue weighted by molar-refractivity contribution is 6.35. The van der Waals surface area contributed by atoms with E-state index in [0.717, 1.165) is 60.9 Å². The summed E-state index contributed by atoms with van der Waals surface area (Å²) in [7, 11) is 3.63. The fourth-order valence-corrected chi connectivity index (χ4v) is 7.89. The predicted octanol–water partition coefficient (Wildman–Crippen LogP) is 8.40. The number of hydrogen-bond donors (Lipinski definition) is 1. The molecule has 0 aliphatic carbocycles. The number of carbonyl (C=O) groups excluding carboxylic acids is 1. The maximum atomic E-state index is 14.8. The van der Waals surface area contributed by atoms with Crippen molar-refractivity contribution in [1.82, 2.24) is 24.1 Å². The van der Waals surface area contributed by atoms with Gasteiger partial charge in [0.15, 0.2) is 5.69 Å². The fraction of sp³-hybridized carbons (Fsp3) is 0.316. The molecular formula is C38H38Cl2N6O4. The second kappa shape index (κ2) is 12.5. The Hall–Kier alpha value is -4.80. The third-order valence-corrected chi connectivity index (χ3v) is 10.8. The summed E-state index contributed by atoms with van der Waals surface area (Å²) in [5, 5.41) is 21.5. The second-order valence-electron chi connectivity index (χ2n) is 13.3. The molecule has 50 heavy (non-hydrogen) atoms. The molecule has 4 heterocycles. The fourth-order valence-electron chi connectivity index (χ4n) is 7.53. The number of nitrogens with zero attached hydrogens (tertiary/aromatic N) is 6. The van der Waals surface area contributed by atoms with E-state index in [1.807, 2.05) is 75.8 Å². The summed E-state index contributed by atoms with van der Waals surface area (Å²) < 4.78 is 11.7. The largest absolute Gasteiger partial charge is 0.494 e. The first-order valence-electron chi connectivity index (χ1n) is 16.6. The lowest BCUT2D eigenvalue weighted by Crippen LogP contribution is -2.42. The van der Waals surface area contributed by atoms with Crippen molar-refractivity contribution in [3.8, 4) is 16.9 Å². The van der Waals surface area contributed by atoms with Crippen LogP contribution in [0.1, 0.15) is 68.4 Å². The molecule has 1 aliphatic rings. The molecule has 0 radical (unpaired) electrons. The van der Waals surface area contributed by atoms with Crippen LogP contribution in [0.25, 0.3) is 32.9 Å². The van der Waals surface area contributed by atoms with Crippen LogP contribution < -0.4 is 9.64 Å². The third-order valence-electron chi connectivity index (χ3n) is 9.91. The van der Waals surface area contributed by atoms with Gasteiger partial charge in [0.25, 0.3) is 5.91 Å². The minimum absolute atomic E-state index is 0.0516. The summed E-state index contributed by atoms with van der Waals surface area (Å²) in [4.78, 5) is 28.6. The molecule has 0 fully saturated rings. The highest BCUT2D eigenvalue weighted by Crippen LogP contribution is 2.45. The molecule has 0 saturated heterocycles. The summed E-state index contributed by atoms with van der Waals surface area (Å²) in [5.41, 5.74) is 9.21. The highest BCUT2D eigenvalue weighted by Gasteiger charge is 2.37. The average Bonchev–Trinajstić information content (AvgIpc) is 3.67. The van der Waals surface area contributed by atoms with Crippen molar-refractivity contribution in [3.63, 3.8) is 0 Å². The van der Waals surface area contributed by atoms with Crippen molar-refractivity contribution in [3.05, 3.63) is 92.0 Å². The van der Waals surface area contributed by atoms with Gasteiger partial charge in [0.05, 0.1) is 28.4 Å². The van der Waals surface area contributed by atoms with Gasteiger partial charge in [-0.2, -0.15) is 10.2 Å². The van der Waals surface area contributed by atoms with Gasteiger partial charge >= 0.3 is 5.97 Å². The molecule has 1 atom stereocenters. The van der Waals surface area contributed by atoms with Crippen LogP contribution in [-0.2, 0) is 20.5 Å². The Morgan fingerprint density at radius 2 is 1.68 bits per heavy atom. The number of benzene rings is 3. The standard InChI is InChI=1S/C38H38Cl2N6O4/c1-19-15-25(16-20(2)33(19)40)50-14-8-9-26-27-11-12-29(39)32(31-22(4)41-43(6)23(31)5)35(27)46-21(3)18-45(37(47)36(26)46)24-10-13-30-28(17-24)34(38(48)49)42-44(30)7/h10-13,15-17,21H,8-9,14,18H2,1-7H3,(H,48,49)/t21-/m1/s1. The zero-order chi connectivity index (χ0) is 35.8. The number of hydrogen-bond acceptors (Lipinski definition) is 5. The van der Waals surface area contributed by atoms with E-state index in [9.17, 15) is 14.7 Å². The molecule has 1 N–H and O–H groups in total. The van der Waals surface area contributed by atoms with Gasteiger partial charge in [-0.3, -0.25) is 14.2 Å². The Morgan fingerprint density at radius 3 is 2.34 bits per heavy atom. The molecule has 7 rings (SSSR count). The van der Waals surface area contributed by atoms with E-state index in [4.69, 9.17) is 33.0 Å². The number of carboxylic acids is 1. The maximum Gasteiger partial charge on any atom is 0.357 e. The van der Waals surface area contributed by atoms with E-state index in [-0.39, 0.29) is 17.6 Å². The normalized spacial score (nSPS) is 14.6. The molecule has 0 unspecified atom stereocenters. The molecule has 3 aromatic heterocycles. The van der Waals surface area contributed by atoms with Crippen molar-refractivity contribution in [2.45, 2.75) is 53.5 Å². The van der Waals surface area contributed by atoms with Crippen LogP contribution in [0.2, 0.25) is 10.0 Å². The number of halogens is 2. The lowest BCUT2D eigenvalue weighted by atomic mass is 9.98. The molecule has 1 aliphatic heterocycles. The monoisotopic (exact) mass is 712 g/mol. The van der Waals surface area contributed by atoms with Gasteiger partial charge in [-0.15, -0.1) is 0 Å². The molecule has 0 saturated carbocycles. The molecule has 1 amide bonds. The van der Waals surface area contributed by atoms with Crippen molar-refractivity contribution in [1.29, 1.82) is 0 Å². The first-order chi connectivity index (χ1) is 23.8. The van der Waals surface area contributed by atoms with Crippen molar-refractivity contribution in [2.24, 2.45) is 14.1 Å². The van der Waals surface area contributed by atoms with Crippen molar-refractivity contribution < 1.29 is 19.4 Å². The van der Waals surface area contributed by atoms with Gasteiger partial charge in [-0.05, 0) is 101 Å². The van der Waals surface area contributed by atoms with Crippen LogP contribution in [0.15, 0.2) is 42.5 Å². The second-order valence-corrected chi connectivity index (χ2v) is 14.0. The minimum atomic E-state index is -1.12. The molecule has 0 bridgehead atoms. The summed E-state index contributed by atoms with van der Waals surface area (Å²) >= 11 is 13.4. The molecule has 6 aromatic rings. The van der Waals surface area contributed by atoms with Crippen LogP contribution in [-0.4, -0.2) is 54.3 Å². The molecule has 12 heteroatoms. The predicted molar refractivity (Wildman–Crippen MR) is 197 cm³/mol. The summed E-state index contributed by atoms with van der Waals surface area (Å²) in [5.74, 6) is -0.529.